The first-order chi connectivity index (χ1) is 12.3. The molecule has 4 aromatic rings. The Labute approximate surface area is 143 Å². The third-order valence-electron chi connectivity index (χ3n) is 4.09. The molecule has 7 heteroatoms. The average Bonchev–Trinajstić information content (AvgIpc) is 3.24. The number of nitrogens with one attached hydrogen (secondary N) is 3. The predicted molar refractivity (Wildman–Crippen MR) is 95.4 cm³/mol. The molecule has 0 bridgehead atoms. The molecule has 0 aliphatic rings. The molecule has 0 unspecified atom stereocenters. The van der Waals surface area contributed by atoms with Gasteiger partial charge < -0.3 is 20.0 Å². The summed E-state index contributed by atoms with van der Waals surface area (Å²) < 4.78 is 4.96. The van der Waals surface area contributed by atoms with Crippen LogP contribution < -0.4 is 5.32 Å². The molecule has 126 valence electrons. The van der Waals surface area contributed by atoms with E-state index in [9.17, 15) is 4.79 Å². The lowest BCUT2D eigenvalue weighted by Gasteiger charge is -2.05. The van der Waals surface area contributed by atoms with Crippen LogP contribution in [-0.2, 0) is 4.74 Å². The molecule has 4 rings (SSSR count). The summed E-state index contributed by atoms with van der Waals surface area (Å²) in [5, 5.41) is 3.80. The molecule has 3 N–H and O–H groups in total. The Morgan fingerprint density at radius 1 is 1.24 bits per heavy atom. The van der Waals surface area contributed by atoms with Crippen molar-refractivity contribution in [2.45, 2.75) is 0 Å². The van der Waals surface area contributed by atoms with Gasteiger partial charge in [-0.1, -0.05) is 0 Å². The predicted octanol–water partition coefficient (Wildman–Crippen LogP) is 2.48. The fraction of sp³-hybridized carbons (Fsp3) is 0.167. The molecule has 0 aliphatic heterocycles. The van der Waals surface area contributed by atoms with Crippen LogP contribution in [-0.4, -0.2) is 46.1 Å². The van der Waals surface area contributed by atoms with Crippen molar-refractivity contribution in [2.75, 3.05) is 20.3 Å². The van der Waals surface area contributed by atoms with Gasteiger partial charge in [-0.25, -0.2) is 4.98 Å². The number of rotatable bonds is 5. The highest BCUT2D eigenvalue weighted by Crippen LogP contribution is 2.30. The number of ether oxygens (including phenoxy) is 1. The molecule has 0 radical (unpaired) electrons. The van der Waals surface area contributed by atoms with Crippen molar-refractivity contribution in [1.82, 2.24) is 25.3 Å². The van der Waals surface area contributed by atoms with Gasteiger partial charge in [0, 0.05) is 54.3 Å². The number of H-pyrrole nitrogens is 2. The zero-order chi connectivity index (χ0) is 17.2. The summed E-state index contributed by atoms with van der Waals surface area (Å²) in [6.45, 7) is 0.963. The minimum absolute atomic E-state index is 0.119. The van der Waals surface area contributed by atoms with Gasteiger partial charge >= 0.3 is 0 Å². The Morgan fingerprint density at radius 3 is 2.96 bits per heavy atom. The molecule has 0 aliphatic carbocycles. The van der Waals surface area contributed by atoms with Crippen molar-refractivity contribution in [1.29, 1.82) is 0 Å². The summed E-state index contributed by atoms with van der Waals surface area (Å²) in [5.74, 6) is -0.119. The second-order valence-electron chi connectivity index (χ2n) is 5.68. The highest BCUT2D eigenvalue weighted by Gasteiger charge is 2.13. The molecule has 1 aromatic carbocycles. The van der Waals surface area contributed by atoms with Crippen LogP contribution in [0.2, 0.25) is 0 Å². The van der Waals surface area contributed by atoms with Crippen LogP contribution in [0.5, 0.6) is 0 Å². The molecule has 0 spiro atoms. The summed E-state index contributed by atoms with van der Waals surface area (Å²) >= 11 is 0. The lowest BCUT2D eigenvalue weighted by atomic mass is 10.1. The first kappa shape index (κ1) is 15.3. The van der Waals surface area contributed by atoms with Gasteiger partial charge in [-0.3, -0.25) is 9.78 Å². The number of aromatic amines is 2. The number of carbonyl (C=O) groups excluding carboxylic acids is 1. The minimum Gasteiger partial charge on any atom is -0.383 e. The maximum Gasteiger partial charge on any atom is 0.251 e. The van der Waals surface area contributed by atoms with Crippen molar-refractivity contribution in [3.05, 3.63) is 48.4 Å². The van der Waals surface area contributed by atoms with E-state index in [1.165, 1.54) is 0 Å². The molecule has 1 amide bonds. The third-order valence-corrected chi connectivity index (χ3v) is 4.09. The van der Waals surface area contributed by atoms with Gasteiger partial charge in [0.15, 0.2) is 5.65 Å². The van der Waals surface area contributed by atoms with E-state index in [2.05, 4.69) is 25.3 Å². The molecule has 0 fully saturated rings. The van der Waals surface area contributed by atoms with Crippen LogP contribution in [0.15, 0.2) is 42.9 Å². The monoisotopic (exact) mass is 335 g/mol. The summed E-state index contributed by atoms with van der Waals surface area (Å²) in [7, 11) is 1.61. The van der Waals surface area contributed by atoms with Gasteiger partial charge in [0.1, 0.15) is 5.52 Å². The number of amides is 1. The molecule has 7 nitrogen and oxygen atoms in total. The fourth-order valence-corrected chi connectivity index (χ4v) is 2.85. The zero-order valence-electron chi connectivity index (χ0n) is 13.7. The van der Waals surface area contributed by atoms with Crippen LogP contribution in [0.4, 0.5) is 0 Å². The molecule has 0 saturated carbocycles. The van der Waals surface area contributed by atoms with E-state index in [0.717, 1.165) is 33.3 Å². The average molecular weight is 335 g/mol. The van der Waals surface area contributed by atoms with Crippen LogP contribution in [0.1, 0.15) is 10.4 Å². The van der Waals surface area contributed by atoms with Crippen LogP contribution >= 0.6 is 0 Å². The Bertz CT molecular complexity index is 1020. The van der Waals surface area contributed by atoms with Crippen LogP contribution in [0.25, 0.3) is 33.3 Å². The van der Waals surface area contributed by atoms with Gasteiger partial charge in [-0.05, 0) is 24.3 Å². The van der Waals surface area contributed by atoms with Gasteiger partial charge in [-0.15, -0.1) is 0 Å². The summed E-state index contributed by atoms with van der Waals surface area (Å²) in [6, 6.07) is 7.55. The second kappa shape index (κ2) is 6.37. The maximum absolute atomic E-state index is 12.3. The first-order valence-corrected chi connectivity index (χ1v) is 7.94. The van der Waals surface area contributed by atoms with E-state index in [1.54, 1.807) is 25.6 Å². The SMILES string of the molecule is COCCNC(=O)c1ccc2[nH]cc(-c3cc4nccnc4[nH]3)c2c1. The number of fused-ring (bicyclic) bond motifs is 2. The number of aromatic nitrogens is 4. The van der Waals surface area contributed by atoms with E-state index in [1.807, 2.05) is 24.4 Å². The number of hydrogen-bond donors (Lipinski definition) is 3. The Morgan fingerprint density at radius 2 is 2.12 bits per heavy atom. The van der Waals surface area contributed by atoms with E-state index < -0.39 is 0 Å². The minimum atomic E-state index is -0.119. The second-order valence-corrected chi connectivity index (χ2v) is 5.68. The smallest absolute Gasteiger partial charge is 0.251 e. The van der Waals surface area contributed by atoms with E-state index in [0.29, 0.717) is 18.7 Å². The lowest BCUT2D eigenvalue weighted by molar-refractivity contribution is 0.0937. The normalized spacial score (nSPS) is 11.2. The van der Waals surface area contributed by atoms with E-state index in [4.69, 9.17) is 4.74 Å². The largest absolute Gasteiger partial charge is 0.383 e. The van der Waals surface area contributed by atoms with Crippen molar-refractivity contribution < 1.29 is 9.53 Å². The first-order valence-electron chi connectivity index (χ1n) is 7.94. The Hall–Kier alpha value is -3.19. The van der Waals surface area contributed by atoms with E-state index >= 15 is 0 Å². The molecule has 3 heterocycles. The van der Waals surface area contributed by atoms with Gasteiger partial charge in [0.05, 0.1) is 12.3 Å². The number of carbonyl (C=O) groups is 1. The number of nitrogens with zero attached hydrogens (tertiary/aromatic N) is 2. The van der Waals surface area contributed by atoms with Crippen LogP contribution in [0.3, 0.4) is 0 Å². The van der Waals surface area contributed by atoms with Crippen molar-refractivity contribution in [3.8, 4) is 11.3 Å². The zero-order valence-corrected chi connectivity index (χ0v) is 13.7. The van der Waals surface area contributed by atoms with Gasteiger partial charge in [0.2, 0.25) is 0 Å². The third kappa shape index (κ3) is 2.85. The summed E-state index contributed by atoms with van der Waals surface area (Å²) in [4.78, 5) is 27.4. The van der Waals surface area contributed by atoms with E-state index in [-0.39, 0.29) is 5.91 Å². The highest BCUT2D eigenvalue weighted by atomic mass is 16.5. The van der Waals surface area contributed by atoms with Crippen molar-refractivity contribution in [2.24, 2.45) is 0 Å². The summed E-state index contributed by atoms with van der Waals surface area (Å²) in [5.41, 5.74) is 4.99. The molecule has 0 saturated heterocycles. The molecule has 25 heavy (non-hydrogen) atoms. The summed E-state index contributed by atoms with van der Waals surface area (Å²) in [6.07, 6.45) is 5.24. The maximum atomic E-state index is 12.3. The molecule has 3 aromatic heterocycles. The number of methoxy groups -OCH3 is 1. The van der Waals surface area contributed by atoms with Gasteiger partial charge in [0.25, 0.3) is 5.91 Å². The Kier molecular flexibility index (Phi) is 3.91. The highest BCUT2D eigenvalue weighted by molar-refractivity contribution is 6.03. The van der Waals surface area contributed by atoms with Gasteiger partial charge in [-0.2, -0.15) is 0 Å². The standard InChI is InChI=1S/C18H17N5O2/c1-25-7-6-21-18(24)11-2-3-14-12(8-11)13(10-22-14)15-9-16-17(23-15)20-5-4-19-16/h2-5,8-10,22H,6-7H2,1H3,(H,20,23)(H,21,24). The fourth-order valence-electron chi connectivity index (χ4n) is 2.85. The molecular formula is C18H17N5O2. The number of hydrogen-bond acceptors (Lipinski definition) is 4. The topological polar surface area (TPSA) is 95.7 Å². The molecular weight excluding hydrogens is 318 g/mol. The Balaban J connectivity index is 1.72. The molecule has 0 atom stereocenters. The number of benzene rings is 1. The van der Waals surface area contributed by atoms with Crippen molar-refractivity contribution in [3.63, 3.8) is 0 Å². The van der Waals surface area contributed by atoms with Crippen LogP contribution in [0, 0.1) is 0 Å². The lowest BCUT2D eigenvalue weighted by Crippen LogP contribution is -2.26. The quantitative estimate of drug-likeness (QED) is 0.488. The van der Waals surface area contributed by atoms with Crippen molar-refractivity contribution >= 4 is 28.0 Å².